The van der Waals surface area contributed by atoms with Gasteiger partial charge in [0.2, 0.25) is 16.2 Å². The van der Waals surface area contributed by atoms with Crippen molar-refractivity contribution in [1.29, 1.82) is 0 Å². The fourth-order valence-electron chi connectivity index (χ4n) is 2.64. The number of piperidine rings is 1. The molecule has 0 saturated carbocycles. The van der Waals surface area contributed by atoms with E-state index in [0.29, 0.717) is 41.2 Å². The van der Waals surface area contributed by atoms with Gasteiger partial charge in [0, 0.05) is 30.2 Å². The number of nitrogens with one attached hydrogen (secondary N) is 2. The van der Waals surface area contributed by atoms with Crippen LogP contribution < -0.4 is 10.6 Å². The molecule has 1 fully saturated rings. The molecule has 3 rings (SSSR count). The highest BCUT2D eigenvalue weighted by molar-refractivity contribution is 7.19. The van der Waals surface area contributed by atoms with Crippen LogP contribution in [0.25, 0.3) is 6.08 Å². The number of amides is 2. The maximum absolute atomic E-state index is 12.0. The van der Waals surface area contributed by atoms with Crippen molar-refractivity contribution in [1.82, 2.24) is 15.1 Å². The van der Waals surface area contributed by atoms with Gasteiger partial charge in [-0.05, 0) is 30.5 Å². The normalized spacial score (nSPS) is 15.1. The zero-order valence-corrected chi connectivity index (χ0v) is 15.8. The molecule has 27 heavy (non-hydrogen) atoms. The van der Waals surface area contributed by atoms with Crippen LogP contribution in [0.5, 0.6) is 0 Å². The number of carbonyl (C=O) groups excluding carboxylic acids is 1. The van der Waals surface area contributed by atoms with Crippen molar-refractivity contribution in [3.63, 3.8) is 0 Å². The summed E-state index contributed by atoms with van der Waals surface area (Å²) in [6.45, 7) is 0.977. The number of carboxylic acid groups (broad SMARTS) is 1. The molecule has 2 heterocycles. The van der Waals surface area contributed by atoms with Gasteiger partial charge in [-0.15, -0.1) is 10.2 Å². The Balaban J connectivity index is 1.50. The van der Waals surface area contributed by atoms with Gasteiger partial charge in [-0.1, -0.05) is 41.1 Å². The number of halogens is 1. The van der Waals surface area contributed by atoms with E-state index in [-0.39, 0.29) is 11.9 Å². The van der Waals surface area contributed by atoms with Gasteiger partial charge in [-0.25, -0.2) is 4.79 Å². The Kier molecular flexibility index (Phi) is 6.25. The van der Waals surface area contributed by atoms with Crippen molar-refractivity contribution >= 4 is 51.3 Å². The molecule has 10 heteroatoms. The fraction of sp³-hybridized carbons (Fsp3) is 0.294. The van der Waals surface area contributed by atoms with E-state index in [9.17, 15) is 9.59 Å². The zero-order valence-electron chi connectivity index (χ0n) is 14.3. The van der Waals surface area contributed by atoms with Crippen LogP contribution in [0.2, 0.25) is 5.02 Å². The molecular weight excluding hydrogens is 390 g/mol. The van der Waals surface area contributed by atoms with Crippen LogP contribution in [0.3, 0.4) is 0 Å². The monoisotopic (exact) mass is 407 g/mol. The van der Waals surface area contributed by atoms with E-state index in [1.165, 1.54) is 22.3 Å². The van der Waals surface area contributed by atoms with Gasteiger partial charge >= 0.3 is 6.09 Å². The first-order chi connectivity index (χ1) is 13.0. The number of anilines is 2. The second kappa shape index (κ2) is 8.83. The number of aromatic nitrogens is 2. The van der Waals surface area contributed by atoms with Crippen LogP contribution in [0.1, 0.15) is 18.4 Å². The predicted molar refractivity (Wildman–Crippen MR) is 105 cm³/mol. The first-order valence-electron chi connectivity index (χ1n) is 8.33. The summed E-state index contributed by atoms with van der Waals surface area (Å²) in [6.07, 6.45) is 3.53. The van der Waals surface area contributed by atoms with E-state index in [0.717, 1.165) is 5.56 Å². The van der Waals surface area contributed by atoms with Crippen LogP contribution in [-0.4, -0.2) is 51.3 Å². The standard InChI is InChI=1S/C17H18ClN5O3S/c18-13-4-2-1-3-11(13)5-6-14(24)20-16-22-21-15(27-16)19-12-7-9-23(10-8-12)17(25)26/h1-6,12H,7-10H2,(H,19,21)(H,25,26)(H,20,22,24)/b6-5+. The van der Waals surface area contributed by atoms with Gasteiger partial charge < -0.3 is 15.3 Å². The van der Waals surface area contributed by atoms with Crippen molar-refractivity contribution in [2.24, 2.45) is 0 Å². The van der Waals surface area contributed by atoms with Gasteiger partial charge in [0.05, 0.1) is 0 Å². The molecule has 2 amide bonds. The van der Waals surface area contributed by atoms with Crippen LogP contribution in [-0.2, 0) is 4.79 Å². The fourth-order valence-corrected chi connectivity index (χ4v) is 3.57. The molecule has 1 saturated heterocycles. The highest BCUT2D eigenvalue weighted by atomic mass is 35.5. The molecule has 1 aliphatic rings. The van der Waals surface area contributed by atoms with Crippen molar-refractivity contribution in [3.8, 4) is 0 Å². The second-order valence-corrected chi connectivity index (χ2v) is 7.33. The quantitative estimate of drug-likeness (QED) is 0.655. The number of hydrogen-bond donors (Lipinski definition) is 3. The van der Waals surface area contributed by atoms with E-state index >= 15 is 0 Å². The van der Waals surface area contributed by atoms with Gasteiger partial charge in [0.15, 0.2) is 0 Å². The molecule has 2 aromatic rings. The van der Waals surface area contributed by atoms with Crippen molar-refractivity contribution in [2.45, 2.75) is 18.9 Å². The number of nitrogens with zero attached hydrogens (tertiary/aromatic N) is 3. The summed E-state index contributed by atoms with van der Waals surface area (Å²) in [5, 5.41) is 24.4. The van der Waals surface area contributed by atoms with Crippen LogP contribution in [0.15, 0.2) is 30.3 Å². The Morgan fingerprint density at radius 2 is 1.93 bits per heavy atom. The molecule has 8 nitrogen and oxygen atoms in total. The zero-order chi connectivity index (χ0) is 19.2. The molecule has 3 N–H and O–H groups in total. The molecule has 0 unspecified atom stereocenters. The second-order valence-electron chi connectivity index (χ2n) is 5.94. The number of benzene rings is 1. The summed E-state index contributed by atoms with van der Waals surface area (Å²) in [5.74, 6) is -0.326. The van der Waals surface area contributed by atoms with Gasteiger partial charge in [-0.2, -0.15) is 0 Å². The maximum Gasteiger partial charge on any atom is 0.407 e. The topological polar surface area (TPSA) is 107 Å². The van der Waals surface area contributed by atoms with Crippen LogP contribution in [0, 0.1) is 0 Å². The van der Waals surface area contributed by atoms with Gasteiger partial charge in [0.25, 0.3) is 0 Å². The summed E-state index contributed by atoms with van der Waals surface area (Å²) in [5.41, 5.74) is 0.752. The molecular formula is C17H18ClN5O3S. The smallest absolute Gasteiger partial charge is 0.407 e. The molecule has 142 valence electrons. The van der Waals surface area contributed by atoms with Gasteiger partial charge in [0.1, 0.15) is 0 Å². The third-order valence-electron chi connectivity index (χ3n) is 4.07. The third-order valence-corrected chi connectivity index (χ3v) is 5.18. The summed E-state index contributed by atoms with van der Waals surface area (Å²) in [6, 6.07) is 7.36. The molecule has 1 aliphatic heterocycles. The first-order valence-corrected chi connectivity index (χ1v) is 9.52. The van der Waals surface area contributed by atoms with Gasteiger partial charge in [-0.3, -0.25) is 10.1 Å². The van der Waals surface area contributed by atoms with Crippen LogP contribution in [0.4, 0.5) is 15.1 Å². The lowest BCUT2D eigenvalue weighted by Gasteiger charge is -2.30. The summed E-state index contributed by atoms with van der Waals surface area (Å²) < 4.78 is 0. The van der Waals surface area contributed by atoms with Crippen LogP contribution >= 0.6 is 22.9 Å². The lowest BCUT2D eigenvalue weighted by molar-refractivity contribution is -0.111. The van der Waals surface area contributed by atoms with Crippen molar-refractivity contribution in [2.75, 3.05) is 23.7 Å². The average molecular weight is 408 g/mol. The minimum Gasteiger partial charge on any atom is -0.465 e. The van der Waals surface area contributed by atoms with E-state index in [2.05, 4.69) is 20.8 Å². The Hall–Kier alpha value is -2.65. The minimum absolute atomic E-state index is 0.136. The largest absolute Gasteiger partial charge is 0.465 e. The lowest BCUT2D eigenvalue weighted by Crippen LogP contribution is -2.41. The average Bonchev–Trinajstić information content (AvgIpc) is 3.08. The molecule has 0 radical (unpaired) electrons. The molecule has 0 aliphatic carbocycles. The van der Waals surface area contributed by atoms with E-state index in [1.807, 2.05) is 18.2 Å². The molecule has 1 aromatic carbocycles. The lowest BCUT2D eigenvalue weighted by atomic mass is 10.1. The van der Waals surface area contributed by atoms with E-state index < -0.39 is 6.09 Å². The molecule has 0 atom stereocenters. The highest BCUT2D eigenvalue weighted by Gasteiger charge is 2.23. The number of carbonyl (C=O) groups is 2. The molecule has 0 spiro atoms. The Morgan fingerprint density at radius 3 is 2.63 bits per heavy atom. The summed E-state index contributed by atoms with van der Waals surface area (Å²) in [7, 11) is 0. The Labute approximate surface area is 164 Å². The predicted octanol–water partition coefficient (Wildman–Crippen LogP) is 3.40. The van der Waals surface area contributed by atoms with Crippen molar-refractivity contribution < 1.29 is 14.7 Å². The Bertz CT molecular complexity index is 849. The summed E-state index contributed by atoms with van der Waals surface area (Å²) in [4.78, 5) is 24.3. The SMILES string of the molecule is O=C(/C=C/c1ccccc1Cl)Nc1nnc(NC2CCN(C(=O)O)CC2)s1. The number of rotatable bonds is 5. The van der Waals surface area contributed by atoms with Crippen molar-refractivity contribution in [3.05, 3.63) is 40.9 Å². The first kappa shape index (κ1) is 19.1. The molecule has 0 bridgehead atoms. The Morgan fingerprint density at radius 1 is 1.22 bits per heavy atom. The number of likely N-dealkylation sites (tertiary alicyclic amines) is 1. The third kappa shape index (κ3) is 5.41. The summed E-state index contributed by atoms with van der Waals surface area (Å²) >= 11 is 7.27. The minimum atomic E-state index is -0.890. The maximum atomic E-state index is 12.0. The molecule has 1 aromatic heterocycles. The highest BCUT2D eigenvalue weighted by Crippen LogP contribution is 2.23. The number of hydrogen-bond acceptors (Lipinski definition) is 6. The van der Waals surface area contributed by atoms with E-state index in [4.69, 9.17) is 16.7 Å². The van der Waals surface area contributed by atoms with E-state index in [1.54, 1.807) is 12.1 Å².